The Morgan fingerprint density at radius 2 is 1.41 bits per heavy atom. The summed E-state index contributed by atoms with van der Waals surface area (Å²) in [4.78, 5) is 32.8. The highest BCUT2D eigenvalue weighted by Gasteiger charge is 2.33. The fourth-order valence-electron chi connectivity index (χ4n) is 5.98. The summed E-state index contributed by atoms with van der Waals surface area (Å²) in [7, 11) is 3.16. The van der Waals surface area contributed by atoms with Crippen LogP contribution >= 0.6 is 0 Å². The van der Waals surface area contributed by atoms with Crippen LogP contribution < -0.4 is 14.8 Å². The molecule has 41 heavy (non-hydrogen) atoms. The van der Waals surface area contributed by atoms with Crippen LogP contribution in [-0.2, 0) is 9.59 Å². The minimum Gasteiger partial charge on any atom is -0.497 e. The molecule has 0 radical (unpaired) electrons. The number of likely N-dealkylation sites (tertiary alicyclic amines) is 1. The fourth-order valence-corrected chi connectivity index (χ4v) is 5.98. The van der Waals surface area contributed by atoms with Crippen molar-refractivity contribution in [1.82, 2.24) is 14.7 Å². The Hall–Kier alpha value is -3.88. The monoisotopic (exact) mass is 556 g/mol. The van der Waals surface area contributed by atoms with E-state index in [2.05, 4.69) is 75.8 Å². The second kappa shape index (κ2) is 13.7. The van der Waals surface area contributed by atoms with Gasteiger partial charge in [0.25, 0.3) is 0 Å². The highest BCUT2D eigenvalue weighted by atomic mass is 16.5. The predicted molar refractivity (Wildman–Crippen MR) is 160 cm³/mol. The van der Waals surface area contributed by atoms with Crippen LogP contribution in [0.3, 0.4) is 0 Å². The number of carbonyl (C=O) groups is 2. The summed E-state index contributed by atoms with van der Waals surface area (Å²) >= 11 is 0. The van der Waals surface area contributed by atoms with Crippen molar-refractivity contribution in [2.24, 2.45) is 5.92 Å². The summed E-state index contributed by atoms with van der Waals surface area (Å²) in [5.41, 5.74) is 3.17. The maximum atomic E-state index is 13.4. The van der Waals surface area contributed by atoms with Crippen molar-refractivity contribution in [2.75, 3.05) is 65.3 Å². The van der Waals surface area contributed by atoms with Gasteiger partial charge in [-0.3, -0.25) is 19.4 Å². The topological polar surface area (TPSA) is 74.4 Å². The van der Waals surface area contributed by atoms with E-state index in [4.69, 9.17) is 9.47 Å². The van der Waals surface area contributed by atoms with Gasteiger partial charge >= 0.3 is 0 Å². The number of piperidine rings is 1. The second-order valence-electron chi connectivity index (χ2n) is 10.7. The first-order valence-corrected chi connectivity index (χ1v) is 14.4. The van der Waals surface area contributed by atoms with Crippen LogP contribution in [0.5, 0.6) is 11.5 Å². The summed E-state index contributed by atoms with van der Waals surface area (Å²) in [6.45, 7) is 4.90. The molecule has 2 heterocycles. The van der Waals surface area contributed by atoms with Crippen molar-refractivity contribution in [3.63, 3.8) is 0 Å². The predicted octanol–water partition coefficient (Wildman–Crippen LogP) is 4.29. The molecule has 3 aromatic rings. The first-order chi connectivity index (χ1) is 20.1. The number of anilines is 1. The van der Waals surface area contributed by atoms with Crippen LogP contribution in [0, 0.1) is 5.92 Å². The molecule has 2 aliphatic heterocycles. The average molecular weight is 557 g/mol. The van der Waals surface area contributed by atoms with Crippen LogP contribution in [0.4, 0.5) is 5.69 Å². The maximum Gasteiger partial charge on any atom is 0.238 e. The minimum absolute atomic E-state index is 0.0154. The second-order valence-corrected chi connectivity index (χ2v) is 10.7. The van der Waals surface area contributed by atoms with Crippen molar-refractivity contribution in [3.05, 3.63) is 90.0 Å². The number of amides is 2. The lowest BCUT2D eigenvalue weighted by molar-refractivity contribution is -0.139. The van der Waals surface area contributed by atoms with Gasteiger partial charge < -0.3 is 19.7 Å². The number of rotatable bonds is 9. The van der Waals surface area contributed by atoms with Crippen LogP contribution in [0.25, 0.3) is 0 Å². The van der Waals surface area contributed by atoms with Crippen LogP contribution in [-0.4, -0.2) is 86.5 Å². The molecule has 0 aromatic heterocycles. The third-order valence-electron chi connectivity index (χ3n) is 8.21. The molecule has 8 heteroatoms. The highest BCUT2D eigenvalue weighted by molar-refractivity contribution is 5.93. The number of methoxy groups -OCH3 is 2. The summed E-state index contributed by atoms with van der Waals surface area (Å²) in [5.74, 6) is 1.40. The summed E-state index contributed by atoms with van der Waals surface area (Å²) in [6, 6.07) is 26.7. The van der Waals surface area contributed by atoms with Crippen molar-refractivity contribution < 1.29 is 19.1 Å². The Morgan fingerprint density at radius 1 is 0.805 bits per heavy atom. The third-order valence-corrected chi connectivity index (χ3v) is 8.21. The van der Waals surface area contributed by atoms with Gasteiger partial charge in [-0.15, -0.1) is 0 Å². The average Bonchev–Trinajstić information content (AvgIpc) is 3.03. The smallest absolute Gasteiger partial charge is 0.238 e. The molecule has 0 aliphatic carbocycles. The Morgan fingerprint density at radius 3 is 1.98 bits per heavy atom. The van der Waals surface area contributed by atoms with Gasteiger partial charge in [0, 0.05) is 38.2 Å². The number of ether oxygens (including phenoxy) is 2. The molecule has 8 nitrogen and oxygen atoms in total. The quantitative estimate of drug-likeness (QED) is 0.424. The van der Waals surface area contributed by atoms with E-state index in [1.54, 1.807) is 32.4 Å². The van der Waals surface area contributed by atoms with E-state index in [1.807, 2.05) is 4.90 Å². The molecule has 0 unspecified atom stereocenters. The van der Waals surface area contributed by atoms with E-state index in [0.717, 1.165) is 52.1 Å². The number of hydrogen-bond donors (Lipinski definition) is 1. The maximum absolute atomic E-state index is 13.4. The summed E-state index contributed by atoms with van der Waals surface area (Å²) in [5, 5.41) is 2.94. The Kier molecular flexibility index (Phi) is 9.54. The molecular formula is C33H40N4O4. The van der Waals surface area contributed by atoms with Crippen LogP contribution in [0.15, 0.2) is 78.9 Å². The van der Waals surface area contributed by atoms with E-state index in [1.165, 1.54) is 11.1 Å². The molecule has 2 saturated heterocycles. The molecule has 3 aromatic carbocycles. The zero-order chi connectivity index (χ0) is 28.6. The van der Waals surface area contributed by atoms with E-state index in [-0.39, 0.29) is 30.3 Å². The van der Waals surface area contributed by atoms with Gasteiger partial charge in [0.1, 0.15) is 11.5 Å². The largest absolute Gasteiger partial charge is 0.497 e. The zero-order valence-electron chi connectivity index (χ0n) is 24.0. The molecule has 2 aliphatic rings. The summed E-state index contributed by atoms with van der Waals surface area (Å²) in [6.07, 6.45) is 1.55. The summed E-state index contributed by atoms with van der Waals surface area (Å²) < 4.78 is 10.6. The van der Waals surface area contributed by atoms with Gasteiger partial charge in [-0.2, -0.15) is 0 Å². The van der Waals surface area contributed by atoms with Crippen molar-refractivity contribution >= 4 is 17.5 Å². The number of carbonyl (C=O) groups excluding carboxylic acids is 2. The van der Waals surface area contributed by atoms with Gasteiger partial charge in [0.2, 0.25) is 11.8 Å². The zero-order valence-corrected chi connectivity index (χ0v) is 24.0. The molecule has 2 amide bonds. The number of nitrogens with one attached hydrogen (secondary N) is 1. The molecule has 2 fully saturated rings. The first kappa shape index (κ1) is 28.6. The Labute approximate surface area is 242 Å². The number of piperazine rings is 1. The Bertz CT molecular complexity index is 1250. The van der Waals surface area contributed by atoms with Crippen molar-refractivity contribution in [3.8, 4) is 11.5 Å². The van der Waals surface area contributed by atoms with Gasteiger partial charge in [0.05, 0.1) is 32.5 Å². The molecule has 0 spiro atoms. The molecule has 5 rings (SSSR count). The molecule has 216 valence electrons. The molecule has 0 bridgehead atoms. The highest BCUT2D eigenvalue weighted by Crippen LogP contribution is 2.31. The van der Waals surface area contributed by atoms with Gasteiger partial charge in [0.15, 0.2) is 0 Å². The number of benzene rings is 3. The number of nitrogens with zero attached hydrogens (tertiary/aromatic N) is 3. The van der Waals surface area contributed by atoms with Crippen molar-refractivity contribution in [1.29, 1.82) is 0 Å². The first-order valence-electron chi connectivity index (χ1n) is 14.4. The van der Waals surface area contributed by atoms with Crippen molar-refractivity contribution in [2.45, 2.75) is 18.9 Å². The molecule has 0 saturated carbocycles. The minimum atomic E-state index is -0.0965. The van der Waals surface area contributed by atoms with Crippen LogP contribution in [0.2, 0.25) is 0 Å². The molecular weight excluding hydrogens is 516 g/mol. The van der Waals surface area contributed by atoms with E-state index < -0.39 is 0 Å². The van der Waals surface area contributed by atoms with Gasteiger partial charge in [-0.25, -0.2) is 0 Å². The van der Waals surface area contributed by atoms with Gasteiger partial charge in [-0.1, -0.05) is 60.7 Å². The lowest BCUT2D eigenvalue weighted by atomic mass is 9.94. The molecule has 0 atom stereocenters. The standard InChI is InChI=1S/C33H40N4O4/c1-40-28-13-14-29(30(23-28)41-2)34-31(38)24-35-17-15-27(16-18-35)33(39)37-21-19-36(20-22-37)32(25-9-5-3-6-10-25)26-11-7-4-8-12-26/h3-14,23,27,32H,15-22,24H2,1-2H3,(H,34,38). The SMILES string of the molecule is COc1ccc(NC(=O)CN2CCC(C(=O)N3CCN(C(c4ccccc4)c4ccccc4)CC3)CC2)c(OC)c1. The lowest BCUT2D eigenvalue weighted by Gasteiger charge is -2.41. The number of hydrogen-bond acceptors (Lipinski definition) is 6. The fraction of sp³-hybridized carbons (Fsp3) is 0.394. The van der Waals surface area contributed by atoms with E-state index >= 15 is 0 Å². The third kappa shape index (κ3) is 7.07. The van der Waals surface area contributed by atoms with E-state index in [0.29, 0.717) is 17.2 Å². The molecule has 1 N–H and O–H groups in total. The van der Waals surface area contributed by atoms with Crippen LogP contribution in [0.1, 0.15) is 30.0 Å². The normalized spacial score (nSPS) is 16.9. The Balaban J connectivity index is 1.11. The van der Waals surface area contributed by atoms with E-state index in [9.17, 15) is 9.59 Å². The van der Waals surface area contributed by atoms with Gasteiger partial charge in [-0.05, 0) is 49.2 Å². The lowest BCUT2D eigenvalue weighted by Crippen LogP contribution is -2.52.